The van der Waals surface area contributed by atoms with Crippen molar-refractivity contribution in [3.8, 4) is 0 Å². The average Bonchev–Trinajstić information content (AvgIpc) is 2.30. The maximum absolute atomic E-state index is 12.2. The molecule has 102 valence electrons. The number of nitrogens with one attached hydrogen (secondary N) is 1. The maximum atomic E-state index is 12.2. The maximum Gasteiger partial charge on any atom is 0.337 e. The summed E-state index contributed by atoms with van der Waals surface area (Å²) in [6, 6.07) is 4.95. The van der Waals surface area contributed by atoms with Crippen LogP contribution in [0.5, 0.6) is 0 Å². The van der Waals surface area contributed by atoms with E-state index < -0.39 is 11.4 Å². The van der Waals surface area contributed by atoms with Crippen molar-refractivity contribution in [1.29, 1.82) is 0 Å². The van der Waals surface area contributed by atoms with Crippen molar-refractivity contribution in [3.63, 3.8) is 0 Å². The van der Waals surface area contributed by atoms with Crippen LogP contribution in [0.25, 0.3) is 0 Å². The van der Waals surface area contributed by atoms with Crippen molar-refractivity contribution in [2.75, 3.05) is 11.9 Å². The lowest BCUT2D eigenvalue weighted by molar-refractivity contribution is -0.129. The largest absolute Gasteiger partial charge is 0.478 e. The Balaban J connectivity index is 2.24. The third kappa shape index (κ3) is 2.46. The molecular weight excluding hydrogens is 244 g/mol. The summed E-state index contributed by atoms with van der Waals surface area (Å²) in [5, 5.41) is 11.9. The molecule has 5 nitrogen and oxygen atoms in total. The quantitative estimate of drug-likeness (QED) is 0.771. The zero-order chi connectivity index (χ0) is 14.0. The van der Waals surface area contributed by atoms with Crippen LogP contribution in [0.15, 0.2) is 18.2 Å². The minimum atomic E-state index is -1.05. The Morgan fingerprint density at radius 1 is 1.42 bits per heavy atom. The summed E-state index contributed by atoms with van der Waals surface area (Å²) in [5.74, 6) is -1.22. The molecule has 0 aromatic heterocycles. The van der Waals surface area contributed by atoms with Crippen molar-refractivity contribution >= 4 is 17.6 Å². The van der Waals surface area contributed by atoms with Gasteiger partial charge in [0, 0.05) is 6.54 Å². The van der Waals surface area contributed by atoms with Gasteiger partial charge in [0.2, 0.25) is 5.91 Å². The molecule has 0 saturated heterocycles. The van der Waals surface area contributed by atoms with Crippen LogP contribution >= 0.6 is 0 Å². The van der Waals surface area contributed by atoms with E-state index in [4.69, 9.17) is 10.8 Å². The molecule has 0 heterocycles. The number of carbonyl (C=O) groups excluding carboxylic acids is 1. The van der Waals surface area contributed by atoms with Crippen LogP contribution in [0.2, 0.25) is 0 Å². The molecule has 0 radical (unpaired) electrons. The van der Waals surface area contributed by atoms with E-state index in [1.807, 2.05) is 6.92 Å². The molecule has 1 aliphatic carbocycles. The van der Waals surface area contributed by atoms with E-state index in [0.29, 0.717) is 12.2 Å². The molecule has 0 unspecified atom stereocenters. The minimum absolute atomic E-state index is 0.111. The van der Waals surface area contributed by atoms with Gasteiger partial charge in [-0.15, -0.1) is 0 Å². The molecule has 0 bridgehead atoms. The molecule has 1 aromatic carbocycles. The van der Waals surface area contributed by atoms with E-state index in [9.17, 15) is 9.59 Å². The van der Waals surface area contributed by atoms with Crippen LogP contribution in [-0.2, 0) is 4.79 Å². The summed E-state index contributed by atoms with van der Waals surface area (Å²) in [5.41, 5.74) is 6.44. The van der Waals surface area contributed by atoms with E-state index in [0.717, 1.165) is 24.8 Å². The standard InChI is InChI=1S/C14H18N2O3/c1-9-3-4-11(10(7-9)12(17)18)16-13(19)14(8-15)5-2-6-14/h3-4,7H,2,5-6,8,15H2,1H3,(H,16,19)(H,17,18). The Morgan fingerprint density at radius 2 is 2.11 bits per heavy atom. The Labute approximate surface area is 111 Å². The smallest absolute Gasteiger partial charge is 0.337 e. The van der Waals surface area contributed by atoms with Gasteiger partial charge in [0.25, 0.3) is 0 Å². The fourth-order valence-electron chi connectivity index (χ4n) is 2.33. The monoisotopic (exact) mass is 262 g/mol. The van der Waals surface area contributed by atoms with Gasteiger partial charge in [-0.3, -0.25) is 4.79 Å². The van der Waals surface area contributed by atoms with Crippen LogP contribution in [0, 0.1) is 12.3 Å². The van der Waals surface area contributed by atoms with E-state index >= 15 is 0 Å². The summed E-state index contributed by atoms with van der Waals surface area (Å²) in [6.07, 6.45) is 2.53. The highest BCUT2D eigenvalue weighted by Gasteiger charge is 2.43. The van der Waals surface area contributed by atoms with E-state index in [1.165, 1.54) is 0 Å². The number of hydrogen-bond donors (Lipinski definition) is 3. The Hall–Kier alpha value is -1.88. The number of carbonyl (C=O) groups is 2. The summed E-state index contributed by atoms with van der Waals surface area (Å²) < 4.78 is 0. The molecule has 4 N–H and O–H groups in total. The lowest BCUT2D eigenvalue weighted by atomic mass is 9.68. The van der Waals surface area contributed by atoms with Crippen LogP contribution in [0.4, 0.5) is 5.69 Å². The summed E-state index contributed by atoms with van der Waals surface area (Å²) >= 11 is 0. The van der Waals surface area contributed by atoms with Gasteiger partial charge in [-0.2, -0.15) is 0 Å². The van der Waals surface area contributed by atoms with E-state index in [1.54, 1.807) is 18.2 Å². The van der Waals surface area contributed by atoms with Crippen LogP contribution < -0.4 is 11.1 Å². The number of aryl methyl sites for hydroxylation is 1. The van der Waals surface area contributed by atoms with Crippen LogP contribution in [0.3, 0.4) is 0 Å². The highest BCUT2D eigenvalue weighted by atomic mass is 16.4. The second kappa shape index (κ2) is 5.01. The van der Waals surface area contributed by atoms with Gasteiger partial charge in [0.15, 0.2) is 0 Å². The van der Waals surface area contributed by atoms with Gasteiger partial charge < -0.3 is 16.2 Å². The van der Waals surface area contributed by atoms with Gasteiger partial charge >= 0.3 is 5.97 Å². The first-order valence-corrected chi connectivity index (χ1v) is 6.34. The first-order chi connectivity index (χ1) is 8.98. The molecule has 1 aliphatic rings. The highest BCUT2D eigenvalue weighted by molar-refractivity contribution is 6.02. The number of aromatic carboxylic acids is 1. The first kappa shape index (κ1) is 13.5. The summed E-state index contributed by atoms with van der Waals surface area (Å²) in [6.45, 7) is 2.11. The molecule has 1 fully saturated rings. The van der Waals surface area contributed by atoms with Gasteiger partial charge in [-0.25, -0.2) is 4.79 Å². The van der Waals surface area contributed by atoms with Gasteiger partial charge in [-0.05, 0) is 31.9 Å². The lowest BCUT2D eigenvalue weighted by Gasteiger charge is -2.39. The molecule has 1 amide bonds. The number of carboxylic acid groups (broad SMARTS) is 1. The number of hydrogen-bond acceptors (Lipinski definition) is 3. The highest BCUT2D eigenvalue weighted by Crippen LogP contribution is 2.41. The fourth-order valence-corrected chi connectivity index (χ4v) is 2.33. The third-order valence-electron chi connectivity index (χ3n) is 3.84. The topological polar surface area (TPSA) is 92.4 Å². The molecule has 0 aliphatic heterocycles. The first-order valence-electron chi connectivity index (χ1n) is 6.34. The van der Waals surface area contributed by atoms with Crippen LogP contribution in [0.1, 0.15) is 35.2 Å². The molecule has 0 spiro atoms. The number of rotatable bonds is 4. The molecule has 1 aromatic rings. The second-order valence-electron chi connectivity index (χ2n) is 5.15. The Morgan fingerprint density at radius 3 is 2.58 bits per heavy atom. The zero-order valence-corrected chi connectivity index (χ0v) is 10.9. The second-order valence-corrected chi connectivity index (χ2v) is 5.15. The van der Waals surface area contributed by atoms with Gasteiger partial charge in [-0.1, -0.05) is 18.1 Å². The molecule has 5 heteroatoms. The third-order valence-corrected chi connectivity index (χ3v) is 3.84. The van der Waals surface area contributed by atoms with Crippen molar-refractivity contribution in [1.82, 2.24) is 0 Å². The molecule has 1 saturated carbocycles. The molecule has 0 atom stereocenters. The lowest BCUT2D eigenvalue weighted by Crippen LogP contribution is -2.47. The van der Waals surface area contributed by atoms with Crippen molar-refractivity contribution < 1.29 is 14.7 Å². The van der Waals surface area contributed by atoms with Crippen molar-refractivity contribution in [2.45, 2.75) is 26.2 Å². The average molecular weight is 262 g/mol. The molecule has 19 heavy (non-hydrogen) atoms. The van der Waals surface area contributed by atoms with Gasteiger partial charge in [0.05, 0.1) is 16.7 Å². The Kier molecular flexibility index (Phi) is 3.57. The van der Waals surface area contributed by atoms with Gasteiger partial charge in [0.1, 0.15) is 0 Å². The number of amides is 1. The minimum Gasteiger partial charge on any atom is -0.478 e. The number of benzene rings is 1. The normalized spacial score (nSPS) is 16.5. The van der Waals surface area contributed by atoms with Crippen molar-refractivity contribution in [3.05, 3.63) is 29.3 Å². The number of carboxylic acids is 1. The fraction of sp³-hybridized carbons (Fsp3) is 0.429. The number of anilines is 1. The van der Waals surface area contributed by atoms with E-state index in [-0.39, 0.29) is 11.5 Å². The van der Waals surface area contributed by atoms with Crippen molar-refractivity contribution in [2.24, 2.45) is 11.1 Å². The molecule has 2 rings (SSSR count). The summed E-state index contributed by atoms with van der Waals surface area (Å²) in [4.78, 5) is 23.4. The van der Waals surface area contributed by atoms with E-state index in [2.05, 4.69) is 5.32 Å². The SMILES string of the molecule is Cc1ccc(NC(=O)C2(CN)CCC2)c(C(=O)O)c1. The zero-order valence-electron chi connectivity index (χ0n) is 10.9. The molecular formula is C14H18N2O3. The Bertz CT molecular complexity index is 516. The predicted octanol–water partition coefficient (Wildman–Crippen LogP) is 1.76. The summed E-state index contributed by atoms with van der Waals surface area (Å²) in [7, 11) is 0. The predicted molar refractivity (Wildman–Crippen MR) is 72.1 cm³/mol. The van der Waals surface area contributed by atoms with Crippen LogP contribution in [-0.4, -0.2) is 23.5 Å². The number of nitrogens with two attached hydrogens (primary N) is 1.